The van der Waals surface area contributed by atoms with Gasteiger partial charge in [0, 0.05) is 19.6 Å². The van der Waals surface area contributed by atoms with Crippen molar-refractivity contribution < 1.29 is 4.79 Å². The molecule has 7 heteroatoms. The van der Waals surface area contributed by atoms with E-state index >= 15 is 0 Å². The van der Waals surface area contributed by atoms with Gasteiger partial charge in [-0.3, -0.25) is 4.79 Å². The molecule has 0 unspecified atom stereocenters. The second kappa shape index (κ2) is 7.79. The lowest BCUT2D eigenvalue weighted by Gasteiger charge is -2.28. The van der Waals surface area contributed by atoms with E-state index in [1.165, 1.54) is 34.2 Å². The van der Waals surface area contributed by atoms with Crippen LogP contribution >= 0.6 is 23.1 Å². The Morgan fingerprint density at radius 3 is 3.00 bits per heavy atom. The molecule has 0 fully saturated rings. The van der Waals surface area contributed by atoms with E-state index in [1.54, 1.807) is 0 Å². The Bertz CT molecular complexity index is 674. The first kappa shape index (κ1) is 16.3. The molecule has 1 aromatic heterocycles. The number of nitrogens with one attached hydrogen (secondary N) is 1. The van der Waals surface area contributed by atoms with Gasteiger partial charge in [0.05, 0.1) is 5.75 Å². The summed E-state index contributed by atoms with van der Waals surface area (Å²) in [7, 11) is 0. The lowest BCUT2D eigenvalue weighted by molar-refractivity contribution is -0.129. The van der Waals surface area contributed by atoms with Crippen molar-refractivity contribution in [2.45, 2.75) is 30.6 Å². The largest absolute Gasteiger partial charge is 0.360 e. The quantitative estimate of drug-likeness (QED) is 0.813. The van der Waals surface area contributed by atoms with Crippen LogP contribution in [0.3, 0.4) is 0 Å². The molecule has 0 spiro atoms. The Morgan fingerprint density at radius 1 is 1.35 bits per heavy atom. The van der Waals surface area contributed by atoms with Gasteiger partial charge in [-0.1, -0.05) is 54.3 Å². The molecule has 122 valence electrons. The number of carbonyl (C=O) groups is 1. The first-order valence-electron chi connectivity index (χ1n) is 7.81. The molecule has 1 aliphatic heterocycles. The molecule has 1 aromatic carbocycles. The molecule has 2 heterocycles. The van der Waals surface area contributed by atoms with Gasteiger partial charge in [-0.2, -0.15) is 0 Å². The van der Waals surface area contributed by atoms with Crippen LogP contribution in [0.4, 0.5) is 5.13 Å². The standard InChI is InChI=1S/C16H20N4OS2/c1-2-8-17-15-18-19-16(23-15)22-11-14(21)20-9-7-12-5-3-4-6-13(12)10-20/h3-6H,2,7-11H2,1H3,(H,17,18). The average Bonchev–Trinajstić information content (AvgIpc) is 3.05. The summed E-state index contributed by atoms with van der Waals surface area (Å²) in [6.45, 7) is 4.52. The van der Waals surface area contributed by atoms with Crippen LogP contribution in [-0.2, 0) is 17.8 Å². The van der Waals surface area contributed by atoms with Crippen LogP contribution in [-0.4, -0.2) is 39.8 Å². The van der Waals surface area contributed by atoms with Gasteiger partial charge >= 0.3 is 0 Å². The maximum atomic E-state index is 12.4. The summed E-state index contributed by atoms with van der Waals surface area (Å²) in [6, 6.07) is 8.36. The number of aromatic nitrogens is 2. The minimum Gasteiger partial charge on any atom is -0.360 e. The van der Waals surface area contributed by atoms with Crippen molar-refractivity contribution in [3.63, 3.8) is 0 Å². The molecule has 0 saturated carbocycles. The monoisotopic (exact) mass is 348 g/mol. The first-order chi connectivity index (χ1) is 11.3. The van der Waals surface area contributed by atoms with Crippen LogP contribution in [0.1, 0.15) is 24.5 Å². The summed E-state index contributed by atoms with van der Waals surface area (Å²) in [5.41, 5.74) is 2.62. The van der Waals surface area contributed by atoms with Crippen LogP contribution < -0.4 is 5.32 Å². The third-order valence-corrected chi connectivity index (χ3v) is 5.73. The Morgan fingerprint density at radius 2 is 2.17 bits per heavy atom. The number of amides is 1. The molecular formula is C16H20N4OS2. The fourth-order valence-electron chi connectivity index (χ4n) is 2.49. The minimum absolute atomic E-state index is 0.169. The van der Waals surface area contributed by atoms with Crippen molar-refractivity contribution >= 4 is 34.1 Å². The van der Waals surface area contributed by atoms with Gasteiger partial charge in [-0.15, -0.1) is 10.2 Å². The maximum absolute atomic E-state index is 12.4. The zero-order chi connectivity index (χ0) is 16.1. The van der Waals surface area contributed by atoms with E-state index in [1.807, 2.05) is 11.0 Å². The van der Waals surface area contributed by atoms with E-state index in [0.29, 0.717) is 5.75 Å². The zero-order valence-electron chi connectivity index (χ0n) is 13.1. The molecule has 0 radical (unpaired) electrons. The first-order valence-corrected chi connectivity index (χ1v) is 9.61. The number of nitrogens with zero attached hydrogens (tertiary/aromatic N) is 3. The molecule has 23 heavy (non-hydrogen) atoms. The maximum Gasteiger partial charge on any atom is 0.233 e. The summed E-state index contributed by atoms with van der Waals surface area (Å²) in [6.07, 6.45) is 1.99. The number of carbonyl (C=O) groups excluding carboxylic acids is 1. The number of hydrogen-bond acceptors (Lipinski definition) is 6. The lowest BCUT2D eigenvalue weighted by Crippen LogP contribution is -2.37. The van der Waals surface area contributed by atoms with E-state index in [-0.39, 0.29) is 5.91 Å². The summed E-state index contributed by atoms with van der Waals surface area (Å²) in [4.78, 5) is 14.3. The molecule has 1 aliphatic rings. The van der Waals surface area contributed by atoms with Crippen molar-refractivity contribution in [2.75, 3.05) is 24.2 Å². The normalized spacial score (nSPS) is 13.7. The second-order valence-electron chi connectivity index (χ2n) is 5.42. The van der Waals surface area contributed by atoms with Crippen molar-refractivity contribution in [3.05, 3.63) is 35.4 Å². The molecule has 0 saturated heterocycles. The van der Waals surface area contributed by atoms with Gasteiger partial charge in [0.2, 0.25) is 11.0 Å². The zero-order valence-corrected chi connectivity index (χ0v) is 14.8. The molecule has 1 amide bonds. The summed E-state index contributed by atoms with van der Waals surface area (Å²) in [5, 5.41) is 12.2. The van der Waals surface area contributed by atoms with Gasteiger partial charge in [0.25, 0.3) is 0 Å². The fraction of sp³-hybridized carbons (Fsp3) is 0.438. The third-order valence-electron chi connectivity index (χ3n) is 3.74. The summed E-state index contributed by atoms with van der Waals surface area (Å²) in [5.74, 6) is 0.590. The predicted octanol–water partition coefficient (Wildman–Crippen LogP) is 3.04. The number of thioether (sulfide) groups is 1. The van der Waals surface area contributed by atoms with Crippen molar-refractivity contribution in [2.24, 2.45) is 0 Å². The fourth-order valence-corrected chi connectivity index (χ4v) is 4.18. The van der Waals surface area contributed by atoms with Gasteiger partial charge in [-0.25, -0.2) is 0 Å². The molecule has 1 N–H and O–H groups in total. The number of fused-ring (bicyclic) bond motifs is 1. The Kier molecular flexibility index (Phi) is 5.51. The van der Waals surface area contributed by atoms with E-state index in [0.717, 1.165) is 41.9 Å². The van der Waals surface area contributed by atoms with E-state index in [2.05, 4.69) is 40.6 Å². The minimum atomic E-state index is 0.169. The summed E-state index contributed by atoms with van der Waals surface area (Å²) >= 11 is 2.98. The number of anilines is 1. The Hall–Kier alpha value is -1.60. The highest BCUT2D eigenvalue weighted by Gasteiger charge is 2.20. The Balaban J connectivity index is 1.51. The molecule has 0 bridgehead atoms. The van der Waals surface area contributed by atoms with E-state index < -0.39 is 0 Å². The molecule has 3 rings (SSSR count). The number of benzene rings is 1. The highest BCUT2D eigenvalue weighted by molar-refractivity contribution is 8.01. The van der Waals surface area contributed by atoms with Crippen LogP contribution in [0, 0.1) is 0 Å². The molecule has 2 aromatic rings. The topological polar surface area (TPSA) is 58.1 Å². The average molecular weight is 348 g/mol. The molecule has 0 aliphatic carbocycles. The molecule has 0 atom stereocenters. The van der Waals surface area contributed by atoms with Crippen LogP contribution in [0.2, 0.25) is 0 Å². The van der Waals surface area contributed by atoms with E-state index in [9.17, 15) is 4.79 Å². The van der Waals surface area contributed by atoms with Gasteiger partial charge in [0.1, 0.15) is 0 Å². The van der Waals surface area contributed by atoms with Crippen molar-refractivity contribution in [3.8, 4) is 0 Å². The van der Waals surface area contributed by atoms with Gasteiger partial charge < -0.3 is 10.2 Å². The van der Waals surface area contributed by atoms with Crippen molar-refractivity contribution in [1.82, 2.24) is 15.1 Å². The van der Waals surface area contributed by atoms with Crippen LogP contribution in [0.25, 0.3) is 0 Å². The van der Waals surface area contributed by atoms with Gasteiger partial charge in [0.15, 0.2) is 4.34 Å². The third kappa shape index (κ3) is 4.23. The van der Waals surface area contributed by atoms with Gasteiger partial charge in [-0.05, 0) is 24.0 Å². The highest BCUT2D eigenvalue weighted by atomic mass is 32.2. The van der Waals surface area contributed by atoms with Crippen molar-refractivity contribution in [1.29, 1.82) is 0 Å². The number of rotatable bonds is 6. The lowest BCUT2D eigenvalue weighted by atomic mass is 10.00. The highest BCUT2D eigenvalue weighted by Crippen LogP contribution is 2.26. The molecule has 5 nitrogen and oxygen atoms in total. The number of hydrogen-bond donors (Lipinski definition) is 1. The van der Waals surface area contributed by atoms with Crippen LogP contribution in [0.5, 0.6) is 0 Å². The second-order valence-corrected chi connectivity index (χ2v) is 7.62. The summed E-state index contributed by atoms with van der Waals surface area (Å²) < 4.78 is 0.842. The smallest absolute Gasteiger partial charge is 0.233 e. The molecular weight excluding hydrogens is 328 g/mol. The predicted molar refractivity (Wildman–Crippen MR) is 95.0 cm³/mol. The van der Waals surface area contributed by atoms with E-state index in [4.69, 9.17) is 0 Å². The van der Waals surface area contributed by atoms with Crippen LogP contribution in [0.15, 0.2) is 28.6 Å². The SMILES string of the molecule is CCCNc1nnc(SCC(=O)N2CCc3ccccc3C2)s1. The Labute approximate surface area is 144 Å².